The SMILES string of the molecule is Cc1cccc(C(C)C(=O)NC2(C)CCC(C)CC2)c1. The van der Waals surface area contributed by atoms with E-state index in [9.17, 15) is 4.79 Å². The molecule has 2 heteroatoms. The second-order valence-corrected chi connectivity index (χ2v) is 6.87. The van der Waals surface area contributed by atoms with Gasteiger partial charge in [-0.15, -0.1) is 0 Å². The predicted octanol–water partition coefficient (Wildman–Crippen LogP) is 4.18. The number of carbonyl (C=O) groups is 1. The zero-order valence-electron chi connectivity index (χ0n) is 13.2. The van der Waals surface area contributed by atoms with E-state index in [4.69, 9.17) is 0 Å². The maximum absolute atomic E-state index is 12.5. The largest absolute Gasteiger partial charge is 0.350 e. The summed E-state index contributed by atoms with van der Waals surface area (Å²) in [6.45, 7) is 8.56. The number of hydrogen-bond donors (Lipinski definition) is 1. The number of nitrogens with one attached hydrogen (secondary N) is 1. The molecule has 110 valence electrons. The van der Waals surface area contributed by atoms with Gasteiger partial charge < -0.3 is 5.32 Å². The number of carbonyl (C=O) groups excluding carboxylic acids is 1. The summed E-state index contributed by atoms with van der Waals surface area (Å²) < 4.78 is 0. The Kier molecular flexibility index (Phi) is 4.52. The molecule has 1 N–H and O–H groups in total. The molecule has 0 radical (unpaired) electrons. The minimum absolute atomic E-state index is 0.0122. The molecular formula is C18H27NO. The summed E-state index contributed by atoms with van der Waals surface area (Å²) >= 11 is 0. The van der Waals surface area contributed by atoms with E-state index in [1.54, 1.807) is 0 Å². The average Bonchev–Trinajstić information content (AvgIpc) is 2.41. The van der Waals surface area contributed by atoms with Gasteiger partial charge >= 0.3 is 0 Å². The molecular weight excluding hydrogens is 246 g/mol. The molecule has 1 aromatic carbocycles. The molecule has 0 saturated heterocycles. The van der Waals surface area contributed by atoms with Crippen LogP contribution in [0.5, 0.6) is 0 Å². The number of amides is 1. The van der Waals surface area contributed by atoms with Crippen molar-refractivity contribution in [3.8, 4) is 0 Å². The van der Waals surface area contributed by atoms with E-state index >= 15 is 0 Å². The van der Waals surface area contributed by atoms with Crippen molar-refractivity contribution in [3.63, 3.8) is 0 Å². The van der Waals surface area contributed by atoms with E-state index in [0.717, 1.165) is 24.3 Å². The van der Waals surface area contributed by atoms with Crippen molar-refractivity contribution in [1.82, 2.24) is 5.32 Å². The van der Waals surface area contributed by atoms with Gasteiger partial charge in [-0.05, 0) is 57.9 Å². The molecule has 0 heterocycles. The lowest BCUT2D eigenvalue weighted by molar-refractivity contribution is -0.124. The molecule has 1 amide bonds. The van der Waals surface area contributed by atoms with E-state index < -0.39 is 0 Å². The van der Waals surface area contributed by atoms with Crippen molar-refractivity contribution in [1.29, 1.82) is 0 Å². The average molecular weight is 273 g/mol. The van der Waals surface area contributed by atoms with Crippen LogP contribution < -0.4 is 5.32 Å². The van der Waals surface area contributed by atoms with Crippen LogP contribution in [-0.2, 0) is 4.79 Å². The van der Waals surface area contributed by atoms with Gasteiger partial charge in [0.25, 0.3) is 0 Å². The summed E-state index contributed by atoms with van der Waals surface area (Å²) in [6.07, 6.45) is 4.63. The van der Waals surface area contributed by atoms with Crippen LogP contribution in [0, 0.1) is 12.8 Å². The maximum atomic E-state index is 12.5. The minimum atomic E-state index is -0.0777. The van der Waals surface area contributed by atoms with Gasteiger partial charge in [-0.2, -0.15) is 0 Å². The van der Waals surface area contributed by atoms with Crippen LogP contribution >= 0.6 is 0 Å². The van der Waals surface area contributed by atoms with Gasteiger partial charge in [-0.25, -0.2) is 0 Å². The fourth-order valence-electron chi connectivity index (χ4n) is 3.02. The van der Waals surface area contributed by atoms with Crippen molar-refractivity contribution in [2.45, 2.75) is 64.8 Å². The summed E-state index contributed by atoms with van der Waals surface area (Å²) in [5.74, 6) is 0.882. The highest BCUT2D eigenvalue weighted by molar-refractivity contribution is 5.83. The number of aryl methyl sites for hydroxylation is 1. The zero-order chi connectivity index (χ0) is 14.8. The quantitative estimate of drug-likeness (QED) is 0.879. The lowest BCUT2D eigenvalue weighted by Crippen LogP contribution is -2.49. The Morgan fingerprint density at radius 2 is 2.00 bits per heavy atom. The van der Waals surface area contributed by atoms with Crippen LogP contribution in [0.2, 0.25) is 0 Å². The van der Waals surface area contributed by atoms with Crippen LogP contribution in [-0.4, -0.2) is 11.4 Å². The molecule has 0 bridgehead atoms. The lowest BCUT2D eigenvalue weighted by atomic mass is 9.78. The number of hydrogen-bond acceptors (Lipinski definition) is 1. The summed E-state index contributed by atoms with van der Waals surface area (Å²) in [5.41, 5.74) is 2.30. The Balaban J connectivity index is 2.01. The van der Waals surface area contributed by atoms with Gasteiger partial charge in [0.1, 0.15) is 0 Å². The first-order valence-corrected chi connectivity index (χ1v) is 7.78. The van der Waals surface area contributed by atoms with Crippen LogP contribution in [0.25, 0.3) is 0 Å². The van der Waals surface area contributed by atoms with Crippen molar-refractivity contribution in [3.05, 3.63) is 35.4 Å². The van der Waals surface area contributed by atoms with E-state index in [-0.39, 0.29) is 17.4 Å². The molecule has 20 heavy (non-hydrogen) atoms. The van der Waals surface area contributed by atoms with Gasteiger partial charge in [-0.3, -0.25) is 4.79 Å². The normalized spacial score (nSPS) is 27.9. The van der Waals surface area contributed by atoms with E-state index in [2.05, 4.69) is 38.2 Å². The number of rotatable bonds is 3. The van der Waals surface area contributed by atoms with Crippen molar-refractivity contribution >= 4 is 5.91 Å². The maximum Gasteiger partial charge on any atom is 0.227 e. The van der Waals surface area contributed by atoms with Crippen molar-refractivity contribution < 1.29 is 4.79 Å². The van der Waals surface area contributed by atoms with Crippen LogP contribution in [0.4, 0.5) is 0 Å². The standard InChI is InChI=1S/C18H27NO/c1-13-8-10-18(4,11-9-13)19-17(20)15(3)16-7-5-6-14(2)12-16/h5-7,12-13,15H,8-11H2,1-4H3,(H,19,20). The predicted molar refractivity (Wildman–Crippen MR) is 83.8 cm³/mol. The fraction of sp³-hybridized carbons (Fsp3) is 0.611. The van der Waals surface area contributed by atoms with Gasteiger partial charge in [-0.1, -0.05) is 36.8 Å². The third kappa shape index (κ3) is 3.62. The van der Waals surface area contributed by atoms with Crippen LogP contribution in [0.15, 0.2) is 24.3 Å². The molecule has 1 fully saturated rings. The molecule has 1 saturated carbocycles. The number of benzene rings is 1. The van der Waals surface area contributed by atoms with Crippen molar-refractivity contribution in [2.24, 2.45) is 5.92 Å². The zero-order valence-corrected chi connectivity index (χ0v) is 13.2. The van der Waals surface area contributed by atoms with Gasteiger partial charge in [0.05, 0.1) is 5.92 Å². The Morgan fingerprint density at radius 1 is 1.35 bits per heavy atom. The molecule has 2 nitrogen and oxygen atoms in total. The summed E-state index contributed by atoms with van der Waals surface area (Å²) in [7, 11) is 0. The molecule has 0 aliphatic heterocycles. The molecule has 1 atom stereocenters. The molecule has 1 unspecified atom stereocenters. The van der Waals surface area contributed by atoms with Crippen molar-refractivity contribution in [2.75, 3.05) is 0 Å². The summed E-state index contributed by atoms with van der Waals surface area (Å²) in [5, 5.41) is 3.29. The Bertz CT molecular complexity index is 472. The van der Waals surface area contributed by atoms with Gasteiger partial charge in [0.2, 0.25) is 5.91 Å². The molecule has 1 aromatic rings. The lowest BCUT2D eigenvalue weighted by Gasteiger charge is -2.37. The second kappa shape index (κ2) is 5.99. The van der Waals surface area contributed by atoms with Crippen LogP contribution in [0.1, 0.15) is 63.5 Å². The molecule has 0 spiro atoms. The highest BCUT2D eigenvalue weighted by Crippen LogP contribution is 2.32. The molecule has 1 aliphatic rings. The third-order valence-corrected chi connectivity index (χ3v) is 4.74. The Hall–Kier alpha value is -1.31. The topological polar surface area (TPSA) is 29.1 Å². The summed E-state index contributed by atoms with van der Waals surface area (Å²) in [6, 6.07) is 8.24. The Labute approximate surface area is 123 Å². The smallest absolute Gasteiger partial charge is 0.227 e. The highest BCUT2D eigenvalue weighted by Gasteiger charge is 2.32. The fourth-order valence-corrected chi connectivity index (χ4v) is 3.02. The summed E-state index contributed by atoms with van der Waals surface area (Å²) in [4.78, 5) is 12.5. The first-order chi connectivity index (χ1) is 9.39. The van der Waals surface area contributed by atoms with Gasteiger partial charge in [0, 0.05) is 5.54 Å². The first kappa shape index (κ1) is 15.1. The molecule has 1 aliphatic carbocycles. The highest BCUT2D eigenvalue weighted by atomic mass is 16.2. The Morgan fingerprint density at radius 3 is 2.60 bits per heavy atom. The monoisotopic (exact) mass is 273 g/mol. The van der Waals surface area contributed by atoms with Crippen LogP contribution in [0.3, 0.4) is 0 Å². The van der Waals surface area contributed by atoms with E-state index in [1.807, 2.05) is 19.1 Å². The molecule has 2 rings (SSSR count). The first-order valence-electron chi connectivity index (χ1n) is 7.78. The third-order valence-electron chi connectivity index (χ3n) is 4.74. The van der Waals surface area contributed by atoms with E-state index in [1.165, 1.54) is 18.4 Å². The van der Waals surface area contributed by atoms with Gasteiger partial charge in [0.15, 0.2) is 0 Å². The minimum Gasteiger partial charge on any atom is -0.350 e. The second-order valence-electron chi connectivity index (χ2n) is 6.87. The van der Waals surface area contributed by atoms with E-state index in [0.29, 0.717) is 0 Å². The molecule has 0 aromatic heterocycles.